The van der Waals surface area contributed by atoms with Gasteiger partial charge in [-0.1, -0.05) is 6.42 Å². The Kier molecular flexibility index (Phi) is 5.59. The summed E-state index contributed by atoms with van der Waals surface area (Å²) in [6.07, 6.45) is 3.87. The van der Waals surface area contributed by atoms with Gasteiger partial charge in [-0.25, -0.2) is 5.84 Å². The fourth-order valence-corrected chi connectivity index (χ4v) is 2.97. The fourth-order valence-electron chi connectivity index (χ4n) is 2.97. The summed E-state index contributed by atoms with van der Waals surface area (Å²) in [7, 11) is 0. The zero-order valence-electron chi connectivity index (χ0n) is 12.8. The molecule has 1 aromatic carbocycles. The minimum atomic E-state index is -0.294. The number of benzene rings is 1. The molecule has 0 bridgehead atoms. The molecule has 0 spiro atoms. The maximum atomic E-state index is 11.3. The van der Waals surface area contributed by atoms with Crippen molar-refractivity contribution < 1.29 is 9.53 Å². The molecule has 0 aliphatic carbocycles. The van der Waals surface area contributed by atoms with Gasteiger partial charge < -0.3 is 4.74 Å². The number of carbonyl (C=O) groups is 1. The Morgan fingerprint density at radius 3 is 2.48 bits per heavy atom. The number of ether oxygens (including phenoxy) is 1. The molecule has 1 aliphatic heterocycles. The second kappa shape index (κ2) is 7.43. The van der Waals surface area contributed by atoms with Crippen molar-refractivity contribution in [1.82, 2.24) is 10.3 Å². The molecule has 1 saturated heterocycles. The van der Waals surface area contributed by atoms with Crippen molar-refractivity contribution in [1.29, 1.82) is 0 Å². The number of hydrogen-bond donors (Lipinski definition) is 2. The third-order valence-electron chi connectivity index (χ3n) is 4.24. The lowest BCUT2D eigenvalue weighted by atomic mass is 9.98. The van der Waals surface area contributed by atoms with Gasteiger partial charge >= 0.3 is 0 Å². The van der Waals surface area contributed by atoms with Crippen molar-refractivity contribution >= 4 is 5.91 Å². The molecular formula is C16H25N3O2. The van der Waals surface area contributed by atoms with Gasteiger partial charge in [-0.05, 0) is 51.0 Å². The first-order chi connectivity index (χ1) is 10.1. The van der Waals surface area contributed by atoms with E-state index in [2.05, 4.69) is 24.2 Å². The van der Waals surface area contributed by atoms with E-state index in [4.69, 9.17) is 10.6 Å². The first kappa shape index (κ1) is 15.8. The molecule has 2 atom stereocenters. The largest absolute Gasteiger partial charge is 0.492 e. The molecule has 1 heterocycles. The van der Waals surface area contributed by atoms with Crippen LogP contribution in [0.25, 0.3) is 0 Å². The third-order valence-corrected chi connectivity index (χ3v) is 4.24. The summed E-state index contributed by atoms with van der Waals surface area (Å²) >= 11 is 0. The minimum absolute atomic E-state index is 0.294. The van der Waals surface area contributed by atoms with Crippen LogP contribution in [0.1, 0.15) is 43.5 Å². The number of hydrogen-bond acceptors (Lipinski definition) is 4. The molecule has 1 aliphatic rings. The molecule has 0 radical (unpaired) electrons. The van der Waals surface area contributed by atoms with Gasteiger partial charge in [0.1, 0.15) is 12.4 Å². The number of amides is 1. The van der Waals surface area contributed by atoms with Gasteiger partial charge in [0.25, 0.3) is 5.91 Å². The van der Waals surface area contributed by atoms with Gasteiger partial charge in [-0.2, -0.15) is 0 Å². The second-order valence-corrected chi connectivity index (χ2v) is 5.71. The maximum Gasteiger partial charge on any atom is 0.265 e. The molecule has 2 rings (SSSR count). The van der Waals surface area contributed by atoms with Crippen molar-refractivity contribution in [2.24, 2.45) is 5.84 Å². The number of nitrogens with zero attached hydrogens (tertiary/aromatic N) is 1. The van der Waals surface area contributed by atoms with Crippen LogP contribution in [0, 0.1) is 0 Å². The van der Waals surface area contributed by atoms with Gasteiger partial charge in [0.05, 0.1) is 0 Å². The standard InChI is InChI=1S/C16H25N3O2/c1-12-4-3-5-13(2)19(12)10-11-21-15-8-6-14(7-9-15)16(20)18-17/h6-9,12-13H,3-5,10-11,17H2,1-2H3,(H,18,20)/t12-,13+. The zero-order valence-corrected chi connectivity index (χ0v) is 12.8. The molecule has 0 saturated carbocycles. The average molecular weight is 291 g/mol. The summed E-state index contributed by atoms with van der Waals surface area (Å²) in [5.41, 5.74) is 2.64. The SMILES string of the molecule is C[C@@H]1CCC[C@H](C)N1CCOc1ccc(C(=O)NN)cc1. The first-order valence-electron chi connectivity index (χ1n) is 7.61. The third kappa shape index (κ3) is 4.19. The van der Waals surface area contributed by atoms with Crippen molar-refractivity contribution in [3.63, 3.8) is 0 Å². The van der Waals surface area contributed by atoms with Crippen molar-refractivity contribution in [2.45, 2.75) is 45.2 Å². The van der Waals surface area contributed by atoms with E-state index in [-0.39, 0.29) is 5.91 Å². The predicted octanol–water partition coefficient (Wildman–Crippen LogP) is 1.93. The van der Waals surface area contributed by atoms with E-state index in [1.807, 2.05) is 0 Å². The highest BCUT2D eigenvalue weighted by atomic mass is 16.5. The Morgan fingerprint density at radius 1 is 1.29 bits per heavy atom. The van der Waals surface area contributed by atoms with Crippen LogP contribution in [-0.4, -0.2) is 36.0 Å². The first-order valence-corrected chi connectivity index (χ1v) is 7.61. The Hall–Kier alpha value is -1.59. The maximum absolute atomic E-state index is 11.3. The number of hydrazine groups is 1. The summed E-state index contributed by atoms with van der Waals surface area (Å²) in [5, 5.41) is 0. The van der Waals surface area contributed by atoms with E-state index in [1.165, 1.54) is 19.3 Å². The van der Waals surface area contributed by atoms with Crippen molar-refractivity contribution in [3.05, 3.63) is 29.8 Å². The number of nitrogens with one attached hydrogen (secondary N) is 1. The van der Waals surface area contributed by atoms with E-state index >= 15 is 0 Å². The van der Waals surface area contributed by atoms with E-state index in [1.54, 1.807) is 24.3 Å². The highest BCUT2D eigenvalue weighted by Gasteiger charge is 2.24. The second-order valence-electron chi connectivity index (χ2n) is 5.71. The number of nitrogen functional groups attached to an aromatic ring is 1. The predicted molar refractivity (Wildman–Crippen MR) is 83.1 cm³/mol. The Balaban J connectivity index is 1.81. The van der Waals surface area contributed by atoms with Gasteiger partial charge in [0, 0.05) is 24.2 Å². The highest BCUT2D eigenvalue weighted by Crippen LogP contribution is 2.22. The summed E-state index contributed by atoms with van der Waals surface area (Å²) in [5.74, 6) is 5.58. The number of piperidine rings is 1. The molecular weight excluding hydrogens is 266 g/mol. The summed E-state index contributed by atoms with van der Waals surface area (Å²) < 4.78 is 5.77. The zero-order chi connectivity index (χ0) is 15.2. The Bertz CT molecular complexity index is 451. The number of rotatable bonds is 5. The van der Waals surface area contributed by atoms with E-state index in [0.29, 0.717) is 24.3 Å². The lowest BCUT2D eigenvalue weighted by Crippen LogP contribution is -2.45. The topological polar surface area (TPSA) is 67.6 Å². The minimum Gasteiger partial charge on any atom is -0.492 e. The van der Waals surface area contributed by atoms with Crippen LogP contribution in [0.15, 0.2) is 24.3 Å². The molecule has 5 nitrogen and oxygen atoms in total. The molecule has 1 fully saturated rings. The van der Waals surface area contributed by atoms with E-state index < -0.39 is 0 Å². The monoisotopic (exact) mass is 291 g/mol. The molecule has 0 unspecified atom stereocenters. The van der Waals surface area contributed by atoms with E-state index in [9.17, 15) is 4.79 Å². The normalized spacial score (nSPS) is 22.8. The van der Waals surface area contributed by atoms with Crippen LogP contribution < -0.4 is 16.0 Å². The lowest BCUT2D eigenvalue weighted by molar-refractivity contribution is 0.0851. The molecule has 0 aromatic heterocycles. The van der Waals surface area contributed by atoms with E-state index in [0.717, 1.165) is 12.3 Å². The fraction of sp³-hybridized carbons (Fsp3) is 0.562. The summed E-state index contributed by atoms with van der Waals surface area (Å²) in [6.45, 7) is 6.18. The average Bonchev–Trinajstić information content (AvgIpc) is 2.50. The van der Waals surface area contributed by atoms with Crippen molar-refractivity contribution in [2.75, 3.05) is 13.2 Å². The summed E-state index contributed by atoms with van der Waals surface area (Å²) in [6, 6.07) is 8.29. The smallest absolute Gasteiger partial charge is 0.265 e. The van der Waals surface area contributed by atoms with Crippen LogP contribution >= 0.6 is 0 Å². The van der Waals surface area contributed by atoms with Crippen LogP contribution in [-0.2, 0) is 0 Å². The quantitative estimate of drug-likeness (QED) is 0.494. The van der Waals surface area contributed by atoms with Crippen LogP contribution in [0.3, 0.4) is 0 Å². The number of nitrogens with two attached hydrogens (primary N) is 1. The lowest BCUT2D eigenvalue weighted by Gasteiger charge is -2.38. The molecule has 3 N–H and O–H groups in total. The van der Waals surface area contributed by atoms with Crippen LogP contribution in [0.5, 0.6) is 5.75 Å². The molecule has 1 aromatic rings. The van der Waals surface area contributed by atoms with Gasteiger partial charge in [0.2, 0.25) is 0 Å². The van der Waals surface area contributed by atoms with Crippen LogP contribution in [0.4, 0.5) is 0 Å². The number of likely N-dealkylation sites (tertiary alicyclic amines) is 1. The molecule has 116 valence electrons. The molecule has 5 heteroatoms. The highest BCUT2D eigenvalue weighted by molar-refractivity contribution is 5.93. The Labute approximate surface area is 126 Å². The molecule has 21 heavy (non-hydrogen) atoms. The molecule has 1 amide bonds. The van der Waals surface area contributed by atoms with Crippen molar-refractivity contribution in [3.8, 4) is 5.75 Å². The summed E-state index contributed by atoms with van der Waals surface area (Å²) in [4.78, 5) is 13.8. The van der Waals surface area contributed by atoms with Gasteiger partial charge in [0.15, 0.2) is 0 Å². The van der Waals surface area contributed by atoms with Crippen LogP contribution in [0.2, 0.25) is 0 Å². The Morgan fingerprint density at radius 2 is 1.90 bits per heavy atom. The number of carbonyl (C=O) groups excluding carboxylic acids is 1. The van der Waals surface area contributed by atoms with Gasteiger partial charge in [-0.15, -0.1) is 0 Å². The van der Waals surface area contributed by atoms with Gasteiger partial charge in [-0.3, -0.25) is 15.1 Å².